The Hall–Kier alpha value is -3.44. The van der Waals surface area contributed by atoms with Crippen LogP contribution in [0.1, 0.15) is 31.7 Å². The number of amides is 2. The third kappa shape index (κ3) is 4.75. The number of rotatable bonds is 7. The smallest absolute Gasteiger partial charge is 0.408 e. The van der Waals surface area contributed by atoms with Gasteiger partial charge in [-0.15, -0.1) is 0 Å². The van der Waals surface area contributed by atoms with Crippen LogP contribution in [0.15, 0.2) is 50.5 Å². The van der Waals surface area contributed by atoms with Crippen molar-refractivity contribution in [2.45, 2.75) is 44.6 Å². The molecule has 4 rings (SSSR count). The summed E-state index contributed by atoms with van der Waals surface area (Å²) < 4.78 is 33.6. The van der Waals surface area contributed by atoms with Gasteiger partial charge in [0, 0.05) is 50.4 Å². The topological polar surface area (TPSA) is 131 Å². The number of carbonyl (C=O) groups is 2. The average Bonchev–Trinajstić information content (AvgIpc) is 3.42. The molecule has 3 aromatic rings. The van der Waals surface area contributed by atoms with E-state index in [-0.39, 0.29) is 35.3 Å². The molecule has 0 radical (unpaired) electrons. The van der Waals surface area contributed by atoms with Gasteiger partial charge in [-0.05, 0) is 49.6 Å². The highest BCUT2D eigenvalue weighted by Crippen LogP contribution is 2.25. The summed E-state index contributed by atoms with van der Waals surface area (Å²) in [7, 11) is -3.64. The Bertz CT molecular complexity index is 1420. The van der Waals surface area contributed by atoms with Crippen molar-refractivity contribution in [3.8, 4) is 0 Å². The van der Waals surface area contributed by atoms with Gasteiger partial charge < -0.3 is 15.1 Å². The maximum absolute atomic E-state index is 12.8. The summed E-state index contributed by atoms with van der Waals surface area (Å²) in [5, 5.41) is 5.50. The molecule has 1 aliphatic rings. The second-order valence-corrected chi connectivity index (χ2v) is 10.2. The lowest BCUT2D eigenvalue weighted by Gasteiger charge is -2.15. The van der Waals surface area contributed by atoms with Gasteiger partial charge >= 0.3 is 5.76 Å². The average molecular weight is 487 g/mol. The molecule has 10 nitrogen and oxygen atoms in total. The number of hydrogen-bond acceptors (Lipinski definition) is 6. The lowest BCUT2D eigenvalue weighted by Crippen LogP contribution is -2.27. The van der Waals surface area contributed by atoms with Crippen molar-refractivity contribution in [2.75, 3.05) is 23.7 Å². The first-order valence-corrected chi connectivity index (χ1v) is 12.4. The van der Waals surface area contributed by atoms with Crippen LogP contribution in [0, 0.1) is 6.92 Å². The van der Waals surface area contributed by atoms with Gasteiger partial charge in [-0.25, -0.2) is 13.2 Å². The first-order chi connectivity index (χ1) is 16.2. The molecule has 1 saturated heterocycles. The van der Waals surface area contributed by atoms with Crippen molar-refractivity contribution in [1.82, 2.24) is 8.87 Å². The van der Waals surface area contributed by atoms with Gasteiger partial charge in [0.15, 0.2) is 5.58 Å². The Morgan fingerprint density at radius 1 is 1.06 bits per heavy atom. The maximum atomic E-state index is 12.8. The van der Waals surface area contributed by atoms with Crippen LogP contribution >= 0.6 is 0 Å². The van der Waals surface area contributed by atoms with E-state index in [9.17, 15) is 22.8 Å². The molecule has 11 heteroatoms. The molecule has 1 fully saturated rings. The summed E-state index contributed by atoms with van der Waals surface area (Å²) >= 11 is 0. The summed E-state index contributed by atoms with van der Waals surface area (Å²) in [6, 6.07) is 9.52. The van der Waals surface area contributed by atoms with Gasteiger partial charge in [0.2, 0.25) is 21.8 Å². The molecule has 2 amide bonds. The van der Waals surface area contributed by atoms with Crippen molar-refractivity contribution in [1.29, 1.82) is 0 Å². The van der Waals surface area contributed by atoms with Crippen LogP contribution in [0.5, 0.6) is 0 Å². The highest BCUT2D eigenvalue weighted by atomic mass is 32.2. The Morgan fingerprint density at radius 3 is 2.41 bits per heavy atom. The van der Waals surface area contributed by atoms with Crippen molar-refractivity contribution in [3.63, 3.8) is 0 Å². The highest BCUT2D eigenvalue weighted by molar-refractivity contribution is 7.89. The van der Waals surface area contributed by atoms with Crippen LogP contribution in [0.4, 0.5) is 11.4 Å². The molecular formula is C23H26N4O6S. The molecule has 34 heavy (non-hydrogen) atoms. The van der Waals surface area contributed by atoms with Gasteiger partial charge in [-0.2, -0.15) is 4.31 Å². The molecule has 0 saturated carbocycles. The van der Waals surface area contributed by atoms with E-state index >= 15 is 0 Å². The maximum Gasteiger partial charge on any atom is 0.419 e. The lowest BCUT2D eigenvalue weighted by molar-refractivity contribution is -0.116. The molecule has 0 aliphatic carbocycles. The van der Waals surface area contributed by atoms with Crippen LogP contribution in [0.2, 0.25) is 0 Å². The van der Waals surface area contributed by atoms with Crippen molar-refractivity contribution in [2.24, 2.45) is 0 Å². The van der Waals surface area contributed by atoms with Gasteiger partial charge in [-0.3, -0.25) is 14.2 Å². The largest absolute Gasteiger partial charge is 0.419 e. The molecule has 1 aromatic heterocycles. The zero-order chi connectivity index (χ0) is 24.5. The van der Waals surface area contributed by atoms with Crippen LogP contribution < -0.4 is 16.4 Å². The zero-order valence-electron chi connectivity index (χ0n) is 19.0. The number of nitrogens with zero attached hydrogens (tertiary/aromatic N) is 2. The number of benzene rings is 2. The minimum atomic E-state index is -3.64. The van der Waals surface area contributed by atoms with Crippen LogP contribution in [-0.2, 0) is 26.2 Å². The molecule has 0 unspecified atom stereocenters. The summed E-state index contributed by atoms with van der Waals surface area (Å²) in [6.45, 7) is 4.20. The molecule has 2 heterocycles. The number of sulfonamides is 1. The Labute approximate surface area is 196 Å². The first kappa shape index (κ1) is 23.7. The molecule has 2 aromatic carbocycles. The SMILES string of the molecule is CC(=O)Nc1cccc(NC(=O)CCn2c(=O)oc3cc(S(=O)(=O)N4CCCC4)ccc32)c1C. The molecule has 180 valence electrons. The van der Waals surface area contributed by atoms with E-state index in [0.29, 0.717) is 35.5 Å². The summed E-state index contributed by atoms with van der Waals surface area (Å²) in [5.74, 6) is -1.20. The molecule has 1 aliphatic heterocycles. The van der Waals surface area contributed by atoms with E-state index in [2.05, 4.69) is 10.6 Å². The number of fused-ring (bicyclic) bond motifs is 1. The molecule has 2 N–H and O–H groups in total. The molecular weight excluding hydrogens is 460 g/mol. The van der Waals surface area contributed by atoms with Crippen molar-refractivity contribution in [3.05, 3.63) is 52.5 Å². The van der Waals surface area contributed by atoms with Crippen molar-refractivity contribution < 1.29 is 22.4 Å². The Morgan fingerprint density at radius 2 is 1.74 bits per heavy atom. The first-order valence-electron chi connectivity index (χ1n) is 11.0. The standard InChI is InChI=1S/C23H26N4O6S/c1-15-18(24-16(2)28)6-5-7-19(15)25-22(29)10-13-27-20-9-8-17(14-21(20)33-23(27)30)34(31,32)26-11-3-4-12-26/h5-9,14H,3-4,10-13H2,1-2H3,(H,24,28)(H,25,29). The number of nitrogens with one attached hydrogen (secondary N) is 2. The van der Waals surface area contributed by atoms with Crippen LogP contribution in [0.3, 0.4) is 0 Å². The minimum absolute atomic E-state index is 0.00777. The van der Waals surface area contributed by atoms with Gasteiger partial charge in [-0.1, -0.05) is 6.07 Å². The quantitative estimate of drug-likeness (QED) is 0.528. The fourth-order valence-electron chi connectivity index (χ4n) is 4.02. The normalized spacial score (nSPS) is 14.4. The third-order valence-electron chi connectivity index (χ3n) is 5.82. The van der Waals surface area contributed by atoms with Gasteiger partial charge in [0.1, 0.15) is 0 Å². The molecule has 0 atom stereocenters. The number of carbonyl (C=O) groups excluding carboxylic acids is 2. The number of aromatic nitrogens is 1. The number of anilines is 2. The van der Waals surface area contributed by atoms with E-state index in [1.807, 2.05) is 0 Å². The molecule has 0 bridgehead atoms. The minimum Gasteiger partial charge on any atom is -0.408 e. The lowest BCUT2D eigenvalue weighted by atomic mass is 10.1. The fraction of sp³-hybridized carbons (Fsp3) is 0.348. The van der Waals surface area contributed by atoms with Crippen molar-refractivity contribution >= 4 is 44.3 Å². The van der Waals surface area contributed by atoms with E-state index in [1.54, 1.807) is 25.1 Å². The van der Waals surface area contributed by atoms with Crippen LogP contribution in [0.25, 0.3) is 11.1 Å². The Kier molecular flexibility index (Phi) is 6.58. The fourth-order valence-corrected chi connectivity index (χ4v) is 5.55. The second kappa shape index (κ2) is 9.43. The van der Waals surface area contributed by atoms with Gasteiger partial charge in [0.05, 0.1) is 10.4 Å². The van der Waals surface area contributed by atoms with Gasteiger partial charge in [0.25, 0.3) is 0 Å². The number of aryl methyl sites for hydroxylation is 1. The highest BCUT2D eigenvalue weighted by Gasteiger charge is 2.28. The monoisotopic (exact) mass is 486 g/mol. The Balaban J connectivity index is 1.49. The summed E-state index contributed by atoms with van der Waals surface area (Å²) in [6.07, 6.45) is 1.64. The summed E-state index contributed by atoms with van der Waals surface area (Å²) in [4.78, 5) is 36.4. The number of oxazole rings is 1. The number of hydrogen-bond donors (Lipinski definition) is 2. The summed E-state index contributed by atoms with van der Waals surface area (Å²) in [5.41, 5.74) is 2.44. The predicted molar refractivity (Wildman–Crippen MR) is 127 cm³/mol. The van der Waals surface area contributed by atoms with E-state index in [0.717, 1.165) is 12.8 Å². The third-order valence-corrected chi connectivity index (χ3v) is 7.72. The second-order valence-electron chi connectivity index (χ2n) is 8.22. The molecule has 0 spiro atoms. The zero-order valence-corrected chi connectivity index (χ0v) is 19.8. The van der Waals surface area contributed by atoms with E-state index in [4.69, 9.17) is 4.42 Å². The van der Waals surface area contributed by atoms with E-state index in [1.165, 1.54) is 34.0 Å². The van der Waals surface area contributed by atoms with Crippen LogP contribution in [-0.4, -0.2) is 42.2 Å². The van der Waals surface area contributed by atoms with E-state index < -0.39 is 15.8 Å². The predicted octanol–water partition coefficient (Wildman–Crippen LogP) is 2.67.